The molecular weight excluding hydrogens is 276 g/mol. The summed E-state index contributed by atoms with van der Waals surface area (Å²) in [5.74, 6) is 0. The van der Waals surface area contributed by atoms with E-state index in [4.69, 9.17) is 19.2 Å². The SMILES string of the molecule is CCNCc1sc(C2(OC)CCOCC2)nc1COC. The number of methoxy groups -OCH3 is 2. The topological polar surface area (TPSA) is 52.6 Å². The fourth-order valence-corrected chi connectivity index (χ4v) is 3.67. The first-order valence-electron chi connectivity index (χ1n) is 7.07. The highest BCUT2D eigenvalue weighted by atomic mass is 32.1. The number of hydrogen-bond donors (Lipinski definition) is 1. The molecule has 0 spiro atoms. The Morgan fingerprint density at radius 1 is 1.35 bits per heavy atom. The summed E-state index contributed by atoms with van der Waals surface area (Å²) in [4.78, 5) is 6.03. The maximum absolute atomic E-state index is 5.82. The molecule has 1 fully saturated rings. The molecule has 0 aliphatic carbocycles. The van der Waals surface area contributed by atoms with Crippen LogP contribution in [0.4, 0.5) is 0 Å². The smallest absolute Gasteiger partial charge is 0.125 e. The summed E-state index contributed by atoms with van der Waals surface area (Å²) >= 11 is 1.74. The molecule has 0 bridgehead atoms. The molecule has 2 heterocycles. The van der Waals surface area contributed by atoms with Crippen molar-refractivity contribution in [2.75, 3.05) is 34.0 Å². The maximum Gasteiger partial charge on any atom is 0.125 e. The molecule has 0 atom stereocenters. The van der Waals surface area contributed by atoms with Crippen LogP contribution in [0.15, 0.2) is 0 Å². The molecule has 6 heteroatoms. The molecule has 1 aliphatic rings. The quantitative estimate of drug-likeness (QED) is 0.835. The van der Waals surface area contributed by atoms with Gasteiger partial charge in [0.1, 0.15) is 10.6 Å². The molecule has 1 saturated heterocycles. The van der Waals surface area contributed by atoms with Crippen molar-refractivity contribution >= 4 is 11.3 Å². The summed E-state index contributed by atoms with van der Waals surface area (Å²) in [6.07, 6.45) is 1.73. The average Bonchev–Trinajstić information content (AvgIpc) is 2.90. The molecule has 0 aromatic carbocycles. The summed E-state index contributed by atoms with van der Waals surface area (Å²) in [5.41, 5.74) is 0.743. The van der Waals surface area contributed by atoms with Crippen molar-refractivity contribution < 1.29 is 14.2 Å². The van der Waals surface area contributed by atoms with Crippen LogP contribution in [-0.2, 0) is 33.0 Å². The van der Waals surface area contributed by atoms with Gasteiger partial charge in [-0.3, -0.25) is 0 Å². The van der Waals surface area contributed by atoms with E-state index in [9.17, 15) is 0 Å². The van der Waals surface area contributed by atoms with Crippen LogP contribution in [0, 0.1) is 0 Å². The van der Waals surface area contributed by atoms with Crippen LogP contribution in [0.2, 0.25) is 0 Å². The van der Waals surface area contributed by atoms with Crippen LogP contribution >= 0.6 is 11.3 Å². The fourth-order valence-electron chi connectivity index (χ4n) is 2.41. The van der Waals surface area contributed by atoms with Gasteiger partial charge in [0.05, 0.1) is 12.3 Å². The average molecular weight is 300 g/mol. The molecule has 0 amide bonds. The molecule has 0 radical (unpaired) electrons. The molecular formula is C14H24N2O3S. The van der Waals surface area contributed by atoms with E-state index in [-0.39, 0.29) is 5.60 Å². The molecule has 1 aliphatic heterocycles. The number of rotatable bonds is 7. The normalized spacial score (nSPS) is 18.4. The van der Waals surface area contributed by atoms with Gasteiger partial charge in [0.15, 0.2) is 0 Å². The molecule has 5 nitrogen and oxygen atoms in total. The zero-order chi connectivity index (χ0) is 14.4. The van der Waals surface area contributed by atoms with Gasteiger partial charge >= 0.3 is 0 Å². The highest BCUT2D eigenvalue weighted by Gasteiger charge is 2.38. The Kier molecular flexibility index (Phi) is 5.92. The number of hydrogen-bond acceptors (Lipinski definition) is 6. The predicted octanol–water partition coefficient (Wildman–Crippen LogP) is 2.05. The minimum atomic E-state index is -0.282. The largest absolute Gasteiger partial charge is 0.381 e. The van der Waals surface area contributed by atoms with Crippen LogP contribution in [0.25, 0.3) is 0 Å². The number of thiazole rings is 1. The highest BCUT2D eigenvalue weighted by Crippen LogP contribution is 2.38. The third kappa shape index (κ3) is 3.38. The molecule has 0 saturated carbocycles. The molecule has 114 valence electrons. The van der Waals surface area contributed by atoms with Crippen molar-refractivity contribution in [3.05, 3.63) is 15.6 Å². The lowest BCUT2D eigenvalue weighted by Gasteiger charge is -2.33. The van der Waals surface area contributed by atoms with E-state index in [1.54, 1.807) is 25.6 Å². The second kappa shape index (κ2) is 7.47. The van der Waals surface area contributed by atoms with Crippen molar-refractivity contribution in [3.63, 3.8) is 0 Å². The molecule has 2 rings (SSSR count). The summed E-state index contributed by atoms with van der Waals surface area (Å²) in [6.45, 7) is 5.90. The van der Waals surface area contributed by atoms with Crippen LogP contribution in [0.1, 0.15) is 35.3 Å². The van der Waals surface area contributed by atoms with E-state index in [2.05, 4.69) is 12.2 Å². The van der Waals surface area contributed by atoms with Crippen LogP contribution in [0.3, 0.4) is 0 Å². The van der Waals surface area contributed by atoms with Gasteiger partial charge in [-0.05, 0) is 6.54 Å². The number of ether oxygens (including phenoxy) is 3. The number of aromatic nitrogens is 1. The van der Waals surface area contributed by atoms with Crippen molar-refractivity contribution in [2.24, 2.45) is 0 Å². The molecule has 1 aromatic rings. The Hall–Kier alpha value is -0.530. The van der Waals surface area contributed by atoms with Crippen molar-refractivity contribution in [1.29, 1.82) is 0 Å². The van der Waals surface area contributed by atoms with E-state index in [0.29, 0.717) is 6.61 Å². The maximum atomic E-state index is 5.82. The first kappa shape index (κ1) is 15.9. The minimum absolute atomic E-state index is 0.282. The summed E-state index contributed by atoms with van der Waals surface area (Å²) in [5, 5.41) is 4.42. The highest BCUT2D eigenvalue weighted by molar-refractivity contribution is 7.11. The first-order valence-corrected chi connectivity index (χ1v) is 7.89. The van der Waals surface area contributed by atoms with Gasteiger partial charge in [-0.1, -0.05) is 6.92 Å². The van der Waals surface area contributed by atoms with E-state index >= 15 is 0 Å². The van der Waals surface area contributed by atoms with E-state index < -0.39 is 0 Å². The Labute approximate surface area is 124 Å². The summed E-state index contributed by atoms with van der Waals surface area (Å²) in [7, 11) is 3.48. The minimum Gasteiger partial charge on any atom is -0.381 e. The van der Waals surface area contributed by atoms with Gasteiger partial charge in [0.25, 0.3) is 0 Å². The van der Waals surface area contributed by atoms with Crippen molar-refractivity contribution in [2.45, 2.75) is 38.5 Å². The van der Waals surface area contributed by atoms with E-state index in [1.165, 1.54) is 4.88 Å². The molecule has 1 N–H and O–H groups in total. The Balaban J connectivity index is 2.25. The second-order valence-corrected chi connectivity index (χ2v) is 6.00. The van der Waals surface area contributed by atoms with Gasteiger partial charge in [-0.25, -0.2) is 4.98 Å². The molecule has 0 unspecified atom stereocenters. The lowest BCUT2D eigenvalue weighted by Crippen LogP contribution is -2.35. The van der Waals surface area contributed by atoms with E-state index in [1.807, 2.05) is 0 Å². The Morgan fingerprint density at radius 2 is 2.10 bits per heavy atom. The summed E-state index contributed by atoms with van der Waals surface area (Å²) in [6, 6.07) is 0. The van der Waals surface area contributed by atoms with Gasteiger partial charge in [-0.15, -0.1) is 11.3 Å². The predicted molar refractivity (Wildman–Crippen MR) is 78.9 cm³/mol. The summed E-state index contributed by atoms with van der Waals surface area (Å²) < 4.78 is 16.5. The lowest BCUT2D eigenvalue weighted by atomic mass is 9.95. The zero-order valence-corrected chi connectivity index (χ0v) is 13.3. The Bertz CT molecular complexity index is 417. The van der Waals surface area contributed by atoms with Gasteiger partial charge in [-0.2, -0.15) is 0 Å². The lowest BCUT2D eigenvalue weighted by molar-refractivity contribution is -0.0949. The first-order chi connectivity index (χ1) is 9.75. The fraction of sp³-hybridized carbons (Fsp3) is 0.786. The number of nitrogens with zero attached hydrogens (tertiary/aromatic N) is 1. The number of nitrogens with one attached hydrogen (secondary N) is 1. The van der Waals surface area contributed by atoms with Gasteiger partial charge in [0, 0.05) is 51.7 Å². The zero-order valence-electron chi connectivity index (χ0n) is 12.5. The standard InChI is InChI=1S/C14H24N2O3S/c1-4-15-9-12-11(10-17-2)16-13(20-12)14(18-3)5-7-19-8-6-14/h15H,4-10H2,1-3H3. The van der Waals surface area contributed by atoms with Crippen molar-refractivity contribution in [3.8, 4) is 0 Å². The van der Waals surface area contributed by atoms with Crippen molar-refractivity contribution in [1.82, 2.24) is 10.3 Å². The second-order valence-electron chi connectivity index (χ2n) is 4.91. The van der Waals surface area contributed by atoms with Crippen LogP contribution in [-0.4, -0.2) is 39.0 Å². The molecule has 1 aromatic heterocycles. The van der Waals surface area contributed by atoms with Gasteiger partial charge in [0.2, 0.25) is 0 Å². The van der Waals surface area contributed by atoms with Crippen LogP contribution in [0.5, 0.6) is 0 Å². The Morgan fingerprint density at radius 3 is 2.70 bits per heavy atom. The third-order valence-electron chi connectivity index (χ3n) is 3.68. The third-order valence-corrected chi connectivity index (χ3v) is 4.96. The monoisotopic (exact) mass is 300 g/mol. The van der Waals surface area contributed by atoms with Crippen LogP contribution < -0.4 is 5.32 Å². The van der Waals surface area contributed by atoms with E-state index in [0.717, 1.165) is 49.8 Å². The van der Waals surface area contributed by atoms with Gasteiger partial charge < -0.3 is 19.5 Å². The molecule has 20 heavy (non-hydrogen) atoms.